The maximum Gasteiger partial charge on any atom is 0.341 e. The van der Waals surface area contributed by atoms with Gasteiger partial charge in [-0.05, 0) is 43.0 Å². The number of carbonyl (C=O) groups is 4. The van der Waals surface area contributed by atoms with Gasteiger partial charge in [0.2, 0.25) is 5.91 Å². The second kappa shape index (κ2) is 11.2. The number of para-hydroxylation sites is 3. The molecule has 0 unspecified atom stereocenters. The summed E-state index contributed by atoms with van der Waals surface area (Å²) in [6, 6.07) is 11.6. The van der Waals surface area contributed by atoms with E-state index in [0.717, 1.165) is 4.90 Å². The van der Waals surface area contributed by atoms with Gasteiger partial charge in [-0.3, -0.25) is 19.3 Å². The first-order chi connectivity index (χ1) is 16.3. The molecule has 1 heterocycles. The highest BCUT2D eigenvalue weighted by atomic mass is 32.2. The van der Waals surface area contributed by atoms with E-state index in [2.05, 4.69) is 5.32 Å². The molecule has 1 saturated heterocycles. The number of ether oxygens (including phenoxy) is 3. The summed E-state index contributed by atoms with van der Waals surface area (Å²) in [5.74, 6) is -1.54. The van der Waals surface area contributed by atoms with Gasteiger partial charge in [-0.1, -0.05) is 24.3 Å². The monoisotopic (exact) mass is 486 g/mol. The Morgan fingerprint density at radius 3 is 2.53 bits per heavy atom. The van der Waals surface area contributed by atoms with Crippen molar-refractivity contribution in [3.8, 4) is 17.2 Å². The first kappa shape index (κ1) is 24.6. The number of amides is 3. The first-order valence-corrected chi connectivity index (χ1v) is 10.9. The Hall–Kier alpha value is -3.99. The molecule has 0 saturated carbocycles. The highest BCUT2D eigenvalue weighted by molar-refractivity contribution is 8.18. The van der Waals surface area contributed by atoms with Gasteiger partial charge in [0.05, 0.1) is 24.3 Å². The molecule has 2 aromatic carbocycles. The molecule has 0 aromatic heterocycles. The van der Waals surface area contributed by atoms with Crippen molar-refractivity contribution >= 4 is 46.5 Å². The molecule has 0 atom stereocenters. The molecule has 0 radical (unpaired) electrons. The van der Waals surface area contributed by atoms with Crippen molar-refractivity contribution in [1.29, 1.82) is 0 Å². The van der Waals surface area contributed by atoms with Gasteiger partial charge in [0.1, 0.15) is 12.3 Å². The van der Waals surface area contributed by atoms with Gasteiger partial charge in [-0.2, -0.15) is 0 Å². The lowest BCUT2D eigenvalue weighted by atomic mass is 10.1. The zero-order valence-electron chi connectivity index (χ0n) is 18.4. The number of hydrogen-bond donors (Lipinski definition) is 2. The molecule has 3 amide bonds. The smallest absolute Gasteiger partial charge is 0.341 e. The van der Waals surface area contributed by atoms with E-state index in [-0.39, 0.29) is 10.7 Å². The number of imide groups is 1. The molecule has 11 heteroatoms. The summed E-state index contributed by atoms with van der Waals surface area (Å²) in [6.45, 7) is 0.969. The fourth-order valence-electron chi connectivity index (χ4n) is 3.06. The molecule has 2 N–H and O–H groups in total. The third-order valence-electron chi connectivity index (χ3n) is 4.49. The molecule has 1 fully saturated rings. The van der Waals surface area contributed by atoms with E-state index in [0.29, 0.717) is 41.1 Å². The van der Waals surface area contributed by atoms with Gasteiger partial charge in [0, 0.05) is 5.56 Å². The fraction of sp³-hybridized carbons (Fsp3) is 0.217. The number of methoxy groups -OCH3 is 1. The Morgan fingerprint density at radius 2 is 1.82 bits per heavy atom. The minimum Gasteiger partial charge on any atom is -0.495 e. The molecule has 10 nitrogen and oxygen atoms in total. The van der Waals surface area contributed by atoms with E-state index < -0.39 is 36.2 Å². The summed E-state index contributed by atoms with van der Waals surface area (Å²) < 4.78 is 16.0. The number of anilines is 1. The molecule has 34 heavy (non-hydrogen) atoms. The van der Waals surface area contributed by atoms with Crippen LogP contribution >= 0.6 is 11.8 Å². The van der Waals surface area contributed by atoms with E-state index in [1.165, 1.54) is 13.2 Å². The maximum absolute atomic E-state index is 12.9. The minimum absolute atomic E-state index is 0.0592. The first-order valence-electron chi connectivity index (χ1n) is 10.1. The molecule has 1 aliphatic heterocycles. The molecule has 0 bridgehead atoms. The summed E-state index contributed by atoms with van der Waals surface area (Å²) in [7, 11) is 1.46. The van der Waals surface area contributed by atoms with Crippen molar-refractivity contribution in [2.45, 2.75) is 6.92 Å². The summed E-state index contributed by atoms with van der Waals surface area (Å²) in [4.78, 5) is 49.7. The van der Waals surface area contributed by atoms with Gasteiger partial charge in [0.15, 0.2) is 18.1 Å². The Bertz CT molecular complexity index is 1150. The zero-order chi connectivity index (χ0) is 24.7. The number of hydrogen-bond acceptors (Lipinski definition) is 8. The summed E-state index contributed by atoms with van der Waals surface area (Å²) in [5, 5.41) is 11.0. The average molecular weight is 487 g/mol. The third kappa shape index (κ3) is 5.87. The minimum atomic E-state index is -1.18. The van der Waals surface area contributed by atoms with Crippen LogP contribution < -0.4 is 19.5 Å². The third-order valence-corrected chi connectivity index (χ3v) is 5.40. The van der Waals surface area contributed by atoms with Crippen molar-refractivity contribution in [2.24, 2.45) is 0 Å². The van der Waals surface area contributed by atoms with Crippen molar-refractivity contribution in [3.05, 3.63) is 52.9 Å². The molecule has 0 spiro atoms. The Kier molecular flexibility index (Phi) is 8.14. The largest absolute Gasteiger partial charge is 0.495 e. The Balaban J connectivity index is 1.80. The average Bonchev–Trinajstić information content (AvgIpc) is 3.06. The van der Waals surface area contributed by atoms with Crippen LogP contribution in [0, 0.1) is 0 Å². The fourth-order valence-corrected chi connectivity index (χ4v) is 3.89. The molecule has 1 aliphatic rings. The molecule has 0 aliphatic carbocycles. The highest BCUT2D eigenvalue weighted by Crippen LogP contribution is 2.37. The lowest BCUT2D eigenvalue weighted by molar-refractivity contribution is -0.139. The van der Waals surface area contributed by atoms with Crippen LogP contribution in [0.2, 0.25) is 0 Å². The van der Waals surface area contributed by atoms with Gasteiger partial charge in [0.25, 0.3) is 11.1 Å². The number of thioether (sulfide) groups is 1. The van der Waals surface area contributed by atoms with Gasteiger partial charge in [-0.15, -0.1) is 0 Å². The topological polar surface area (TPSA) is 131 Å². The second-order valence-electron chi connectivity index (χ2n) is 6.81. The number of nitrogens with zero attached hydrogens (tertiary/aromatic N) is 1. The Labute approximate surface area is 199 Å². The van der Waals surface area contributed by atoms with E-state index in [1.807, 2.05) is 0 Å². The lowest BCUT2D eigenvalue weighted by Gasteiger charge is -2.14. The van der Waals surface area contributed by atoms with E-state index in [4.69, 9.17) is 19.3 Å². The molecule has 3 rings (SSSR count). The quantitative estimate of drug-likeness (QED) is 0.486. The van der Waals surface area contributed by atoms with Crippen LogP contribution in [0.25, 0.3) is 6.08 Å². The van der Waals surface area contributed by atoms with Crippen LogP contribution in [0.3, 0.4) is 0 Å². The van der Waals surface area contributed by atoms with E-state index >= 15 is 0 Å². The summed E-state index contributed by atoms with van der Waals surface area (Å²) in [5.41, 5.74) is 0.765. The van der Waals surface area contributed by atoms with Crippen LogP contribution in [-0.4, -0.2) is 59.9 Å². The number of nitrogens with one attached hydrogen (secondary N) is 1. The highest BCUT2D eigenvalue weighted by Gasteiger charge is 2.36. The molecule has 2 aromatic rings. The van der Waals surface area contributed by atoms with Gasteiger partial charge < -0.3 is 24.6 Å². The van der Waals surface area contributed by atoms with Crippen molar-refractivity contribution in [1.82, 2.24) is 4.90 Å². The van der Waals surface area contributed by atoms with Crippen LogP contribution in [0.5, 0.6) is 17.2 Å². The predicted octanol–water partition coefficient (Wildman–Crippen LogP) is 3.23. The maximum atomic E-state index is 12.9. The van der Waals surface area contributed by atoms with Gasteiger partial charge in [-0.25, -0.2) is 4.79 Å². The van der Waals surface area contributed by atoms with Crippen molar-refractivity contribution in [3.63, 3.8) is 0 Å². The number of benzene rings is 2. The molecular weight excluding hydrogens is 464 g/mol. The Morgan fingerprint density at radius 1 is 1.09 bits per heavy atom. The van der Waals surface area contributed by atoms with Crippen LogP contribution in [-0.2, 0) is 14.4 Å². The van der Waals surface area contributed by atoms with E-state index in [9.17, 15) is 19.2 Å². The van der Waals surface area contributed by atoms with Crippen molar-refractivity contribution in [2.75, 3.05) is 32.2 Å². The lowest BCUT2D eigenvalue weighted by Crippen LogP contribution is -2.36. The van der Waals surface area contributed by atoms with Crippen LogP contribution in [0.4, 0.5) is 10.5 Å². The van der Waals surface area contributed by atoms with Crippen LogP contribution in [0.1, 0.15) is 12.5 Å². The number of carboxylic acids is 1. The number of carboxylic acid groups (broad SMARTS) is 1. The summed E-state index contributed by atoms with van der Waals surface area (Å²) >= 11 is 0.666. The standard InChI is InChI=1S/C23H22N2O8S/c1-3-32-17-10-6-7-14(21(17)33-13-20(27)28)11-18-22(29)25(23(30)34-18)12-19(26)24-15-8-4-5-9-16(15)31-2/h4-11H,3,12-13H2,1-2H3,(H,24,26)(H,27,28)/b18-11-. The van der Waals surface area contributed by atoms with Crippen molar-refractivity contribution < 1.29 is 38.5 Å². The number of carbonyl (C=O) groups excluding carboxylic acids is 3. The SMILES string of the molecule is CCOc1cccc(/C=C2\SC(=O)N(CC(=O)Nc3ccccc3OC)C2=O)c1OCC(=O)O. The number of rotatable bonds is 10. The normalized spacial score (nSPS) is 14.3. The van der Waals surface area contributed by atoms with Gasteiger partial charge >= 0.3 is 5.97 Å². The summed E-state index contributed by atoms with van der Waals surface area (Å²) in [6.07, 6.45) is 1.41. The zero-order valence-corrected chi connectivity index (χ0v) is 19.2. The van der Waals surface area contributed by atoms with E-state index in [1.54, 1.807) is 49.4 Å². The predicted molar refractivity (Wildman–Crippen MR) is 125 cm³/mol. The number of aliphatic carboxylic acids is 1. The second-order valence-corrected chi connectivity index (χ2v) is 7.80. The molecular formula is C23H22N2O8S. The molecule has 178 valence electrons. The van der Waals surface area contributed by atoms with Crippen LogP contribution in [0.15, 0.2) is 47.4 Å².